The minimum Gasteiger partial charge on any atom is -0.298 e. The van der Waals surface area contributed by atoms with E-state index >= 15 is 0 Å². The third-order valence-electron chi connectivity index (χ3n) is 2.42. The van der Waals surface area contributed by atoms with Crippen LogP contribution in [0.2, 0.25) is 5.15 Å². The molecule has 16 heavy (non-hydrogen) atoms. The molecule has 0 bridgehead atoms. The molecule has 0 N–H and O–H groups in total. The normalized spacial score (nSPS) is 16.2. The standard InChI is InChI=1S/C10H7ClF3NO/c11-7-3-6(4-16)8(10(12,13)14)9(15-7)5-1-2-5/h3-5H,1-2H2. The van der Waals surface area contributed by atoms with Crippen molar-refractivity contribution in [1.29, 1.82) is 0 Å². The van der Waals surface area contributed by atoms with E-state index in [2.05, 4.69) is 4.98 Å². The average molecular weight is 250 g/mol. The number of carbonyl (C=O) groups is 1. The first-order valence-electron chi connectivity index (χ1n) is 4.66. The van der Waals surface area contributed by atoms with Crippen LogP contribution in [-0.4, -0.2) is 11.3 Å². The van der Waals surface area contributed by atoms with Crippen LogP contribution < -0.4 is 0 Å². The minimum absolute atomic E-state index is 0.0722. The molecule has 2 rings (SSSR count). The quantitative estimate of drug-likeness (QED) is 0.594. The first-order valence-corrected chi connectivity index (χ1v) is 5.04. The predicted octanol–water partition coefficient (Wildman–Crippen LogP) is 3.44. The summed E-state index contributed by atoms with van der Waals surface area (Å²) in [5.41, 5.74) is -1.47. The van der Waals surface area contributed by atoms with Crippen molar-refractivity contribution in [2.45, 2.75) is 24.9 Å². The molecule has 0 amide bonds. The molecule has 1 aliphatic rings. The van der Waals surface area contributed by atoms with E-state index in [0.717, 1.165) is 6.07 Å². The lowest BCUT2D eigenvalue weighted by molar-refractivity contribution is -0.138. The Morgan fingerprint density at radius 1 is 1.44 bits per heavy atom. The zero-order chi connectivity index (χ0) is 11.9. The SMILES string of the molecule is O=Cc1cc(Cl)nc(C2CC2)c1C(F)(F)F. The lowest BCUT2D eigenvalue weighted by Gasteiger charge is -2.14. The van der Waals surface area contributed by atoms with Crippen LogP contribution in [0.25, 0.3) is 0 Å². The number of aromatic nitrogens is 1. The van der Waals surface area contributed by atoms with Crippen LogP contribution in [0.1, 0.15) is 40.4 Å². The van der Waals surface area contributed by atoms with Crippen molar-refractivity contribution in [2.24, 2.45) is 0 Å². The summed E-state index contributed by atoms with van der Waals surface area (Å²) >= 11 is 5.59. The van der Waals surface area contributed by atoms with Gasteiger partial charge in [0, 0.05) is 11.5 Å². The van der Waals surface area contributed by atoms with Crippen LogP contribution in [0, 0.1) is 0 Å². The molecule has 1 aromatic heterocycles. The van der Waals surface area contributed by atoms with Gasteiger partial charge in [0.15, 0.2) is 6.29 Å². The van der Waals surface area contributed by atoms with E-state index in [1.54, 1.807) is 0 Å². The second-order valence-corrected chi connectivity index (χ2v) is 4.07. The van der Waals surface area contributed by atoms with Crippen LogP contribution in [0.5, 0.6) is 0 Å². The summed E-state index contributed by atoms with van der Waals surface area (Å²) in [7, 11) is 0. The highest BCUT2D eigenvalue weighted by Crippen LogP contribution is 2.46. The van der Waals surface area contributed by atoms with Crippen LogP contribution in [0.4, 0.5) is 13.2 Å². The summed E-state index contributed by atoms with van der Waals surface area (Å²) in [5, 5.41) is -0.0722. The predicted molar refractivity (Wildman–Crippen MR) is 51.6 cm³/mol. The largest absolute Gasteiger partial charge is 0.418 e. The van der Waals surface area contributed by atoms with Gasteiger partial charge in [-0.2, -0.15) is 13.2 Å². The molecule has 2 nitrogen and oxygen atoms in total. The second-order valence-electron chi connectivity index (χ2n) is 3.68. The molecule has 0 unspecified atom stereocenters. The van der Waals surface area contributed by atoms with Crippen LogP contribution in [-0.2, 0) is 6.18 Å². The van der Waals surface area contributed by atoms with Gasteiger partial charge in [-0.15, -0.1) is 0 Å². The molecule has 1 aromatic rings. The van der Waals surface area contributed by atoms with Gasteiger partial charge in [-0.05, 0) is 18.9 Å². The Morgan fingerprint density at radius 3 is 2.50 bits per heavy atom. The highest BCUT2D eigenvalue weighted by atomic mass is 35.5. The van der Waals surface area contributed by atoms with Crippen molar-refractivity contribution in [1.82, 2.24) is 4.98 Å². The summed E-state index contributed by atoms with van der Waals surface area (Å²) in [4.78, 5) is 14.3. The van der Waals surface area contributed by atoms with Crippen LogP contribution >= 0.6 is 11.6 Å². The molecular formula is C10H7ClF3NO. The molecule has 1 aliphatic carbocycles. The van der Waals surface area contributed by atoms with Crippen molar-refractivity contribution in [2.75, 3.05) is 0 Å². The zero-order valence-corrected chi connectivity index (χ0v) is 8.77. The highest BCUT2D eigenvalue weighted by molar-refractivity contribution is 6.29. The van der Waals surface area contributed by atoms with Gasteiger partial charge in [0.25, 0.3) is 0 Å². The summed E-state index contributed by atoms with van der Waals surface area (Å²) in [6, 6.07) is 0.948. The first kappa shape index (κ1) is 11.4. The third-order valence-corrected chi connectivity index (χ3v) is 2.61. The van der Waals surface area contributed by atoms with Crippen molar-refractivity contribution >= 4 is 17.9 Å². The molecule has 1 fully saturated rings. The maximum atomic E-state index is 12.8. The van der Waals surface area contributed by atoms with Crippen molar-refractivity contribution in [3.63, 3.8) is 0 Å². The number of alkyl halides is 3. The van der Waals surface area contributed by atoms with Gasteiger partial charge in [-0.1, -0.05) is 11.6 Å². The summed E-state index contributed by atoms with van der Waals surface area (Å²) < 4.78 is 38.3. The van der Waals surface area contributed by atoms with Crippen LogP contribution in [0.15, 0.2) is 6.07 Å². The van der Waals surface area contributed by atoms with E-state index < -0.39 is 17.3 Å². The molecule has 0 saturated heterocycles. The lowest BCUT2D eigenvalue weighted by Crippen LogP contribution is -2.14. The van der Waals surface area contributed by atoms with E-state index in [9.17, 15) is 18.0 Å². The van der Waals surface area contributed by atoms with Gasteiger partial charge in [-0.25, -0.2) is 4.98 Å². The van der Waals surface area contributed by atoms with Crippen molar-refractivity contribution in [3.05, 3.63) is 28.0 Å². The number of nitrogens with zero attached hydrogens (tertiary/aromatic N) is 1. The maximum absolute atomic E-state index is 12.8. The summed E-state index contributed by atoms with van der Waals surface area (Å²) in [5.74, 6) is -0.214. The van der Waals surface area contributed by atoms with Gasteiger partial charge >= 0.3 is 6.18 Å². The van der Waals surface area contributed by atoms with Gasteiger partial charge < -0.3 is 0 Å². The number of halogens is 4. The number of pyridine rings is 1. The van der Waals surface area contributed by atoms with E-state index in [-0.39, 0.29) is 23.1 Å². The topological polar surface area (TPSA) is 30.0 Å². The van der Waals surface area contributed by atoms with E-state index in [0.29, 0.717) is 12.8 Å². The molecule has 0 atom stereocenters. The zero-order valence-electron chi connectivity index (χ0n) is 8.01. The Kier molecular flexibility index (Phi) is 2.66. The third kappa shape index (κ3) is 2.04. The number of carbonyl (C=O) groups excluding carboxylic acids is 1. The van der Waals surface area contributed by atoms with Crippen molar-refractivity contribution in [3.8, 4) is 0 Å². The van der Waals surface area contributed by atoms with E-state index in [4.69, 9.17) is 11.6 Å². The molecule has 0 radical (unpaired) electrons. The Hall–Kier alpha value is -1.10. The van der Waals surface area contributed by atoms with Crippen molar-refractivity contribution < 1.29 is 18.0 Å². The summed E-state index contributed by atoms with van der Waals surface area (Å²) in [6.07, 6.45) is -3.07. The monoisotopic (exact) mass is 249 g/mol. The Bertz CT molecular complexity index is 440. The first-order chi connectivity index (χ1) is 7.43. The minimum atomic E-state index is -4.56. The van der Waals surface area contributed by atoms with Gasteiger partial charge in [0.05, 0.1) is 11.3 Å². The number of rotatable bonds is 2. The van der Waals surface area contributed by atoms with Gasteiger partial charge in [0.2, 0.25) is 0 Å². The Balaban J connectivity index is 2.65. The van der Waals surface area contributed by atoms with Gasteiger partial charge in [-0.3, -0.25) is 4.79 Å². The Labute approximate surface area is 94.4 Å². The van der Waals surface area contributed by atoms with Gasteiger partial charge in [0.1, 0.15) is 5.15 Å². The Morgan fingerprint density at radius 2 is 2.06 bits per heavy atom. The fourth-order valence-corrected chi connectivity index (χ4v) is 1.81. The number of hydrogen-bond acceptors (Lipinski definition) is 2. The molecule has 1 saturated carbocycles. The van der Waals surface area contributed by atoms with E-state index in [1.165, 1.54) is 0 Å². The molecule has 0 spiro atoms. The number of aldehydes is 1. The average Bonchev–Trinajstić information content (AvgIpc) is 2.97. The second kappa shape index (κ2) is 3.73. The smallest absolute Gasteiger partial charge is 0.298 e. The molecule has 0 aromatic carbocycles. The molecule has 1 heterocycles. The van der Waals surface area contributed by atoms with Crippen LogP contribution in [0.3, 0.4) is 0 Å². The molecule has 0 aliphatic heterocycles. The van der Waals surface area contributed by atoms with E-state index in [1.807, 2.05) is 0 Å². The highest BCUT2D eigenvalue weighted by Gasteiger charge is 2.41. The fraction of sp³-hybridized carbons (Fsp3) is 0.400. The lowest BCUT2D eigenvalue weighted by atomic mass is 10.0. The molecule has 86 valence electrons. The maximum Gasteiger partial charge on any atom is 0.418 e. The molecular weight excluding hydrogens is 243 g/mol. The number of hydrogen-bond donors (Lipinski definition) is 0. The summed E-state index contributed by atoms with van der Waals surface area (Å²) in [6.45, 7) is 0. The fourth-order valence-electron chi connectivity index (χ4n) is 1.61. The molecule has 6 heteroatoms.